The predicted molar refractivity (Wildman–Crippen MR) is 81.6 cm³/mol. The molecule has 20 heavy (non-hydrogen) atoms. The number of anilines is 1. The minimum atomic E-state index is -0.766. The average Bonchev–Trinajstić information content (AvgIpc) is 2.91. The lowest BCUT2D eigenvalue weighted by molar-refractivity contribution is -0.136. The van der Waals surface area contributed by atoms with Gasteiger partial charge in [0.2, 0.25) is 0 Å². The molecule has 0 bridgehead atoms. The minimum Gasteiger partial charge on any atom is -0.481 e. The first kappa shape index (κ1) is 15.1. The number of aliphatic carboxylic acids is 1. The Morgan fingerprint density at radius 3 is 2.70 bits per heavy atom. The predicted octanol–water partition coefficient (Wildman–Crippen LogP) is 2.72. The van der Waals surface area contributed by atoms with E-state index in [1.54, 1.807) is 0 Å². The van der Waals surface area contributed by atoms with Crippen LogP contribution in [0.4, 0.5) is 5.69 Å². The van der Waals surface area contributed by atoms with Gasteiger partial charge in [-0.25, -0.2) is 0 Å². The second-order valence-electron chi connectivity index (χ2n) is 5.16. The summed E-state index contributed by atoms with van der Waals surface area (Å²) in [6.45, 7) is 4.65. The van der Waals surface area contributed by atoms with Crippen LogP contribution in [0.5, 0.6) is 0 Å². The van der Waals surface area contributed by atoms with E-state index in [0.29, 0.717) is 11.6 Å². The molecule has 2 rings (SSSR count). The van der Waals surface area contributed by atoms with Crippen molar-refractivity contribution in [3.63, 3.8) is 0 Å². The number of carboxylic acid groups (broad SMARTS) is 1. The number of carbonyl (C=O) groups is 1. The minimum absolute atomic E-state index is 0.145. The fraction of sp³-hybridized carbons (Fsp3) is 0.533. The van der Waals surface area contributed by atoms with Gasteiger partial charge in [0.25, 0.3) is 0 Å². The molecule has 1 aliphatic rings. The fourth-order valence-corrected chi connectivity index (χ4v) is 2.73. The maximum atomic E-state index is 10.8. The second kappa shape index (κ2) is 7.50. The van der Waals surface area contributed by atoms with Gasteiger partial charge in [-0.05, 0) is 44.1 Å². The van der Waals surface area contributed by atoms with E-state index in [1.165, 1.54) is 12.8 Å². The Morgan fingerprint density at radius 1 is 1.30 bits per heavy atom. The smallest absolute Gasteiger partial charge is 0.305 e. The zero-order valence-corrected chi connectivity index (χ0v) is 12.4. The van der Waals surface area contributed by atoms with E-state index in [9.17, 15) is 4.79 Å². The van der Waals surface area contributed by atoms with Gasteiger partial charge in [0.15, 0.2) is 0 Å². The summed E-state index contributed by atoms with van der Waals surface area (Å²) < 4.78 is 0. The summed E-state index contributed by atoms with van der Waals surface area (Å²) in [7, 11) is 0. The largest absolute Gasteiger partial charge is 0.481 e. The van der Waals surface area contributed by atoms with Gasteiger partial charge in [0.1, 0.15) is 0 Å². The molecule has 1 heterocycles. The number of likely N-dealkylation sites (tertiary alicyclic amines) is 1. The maximum Gasteiger partial charge on any atom is 0.305 e. The summed E-state index contributed by atoms with van der Waals surface area (Å²) in [5, 5.41) is 9.56. The first-order valence-corrected chi connectivity index (χ1v) is 7.47. The zero-order valence-electron chi connectivity index (χ0n) is 11.6. The van der Waals surface area contributed by atoms with Gasteiger partial charge in [-0.2, -0.15) is 0 Å². The molecule has 0 radical (unpaired) electrons. The highest BCUT2D eigenvalue weighted by Gasteiger charge is 2.14. The highest BCUT2D eigenvalue weighted by atomic mass is 35.5. The third-order valence-corrected chi connectivity index (χ3v) is 3.89. The molecule has 1 N–H and O–H groups in total. The van der Waals surface area contributed by atoms with Crippen LogP contribution < -0.4 is 4.90 Å². The Morgan fingerprint density at radius 2 is 2.05 bits per heavy atom. The molecule has 4 nitrogen and oxygen atoms in total. The second-order valence-corrected chi connectivity index (χ2v) is 5.60. The molecule has 0 saturated carbocycles. The van der Waals surface area contributed by atoms with Gasteiger partial charge in [-0.15, -0.1) is 0 Å². The van der Waals surface area contributed by atoms with Crippen molar-refractivity contribution in [3.8, 4) is 0 Å². The SMILES string of the molecule is O=C(O)CCN(CCN1CCCC1)c1cccc(Cl)c1. The average molecular weight is 297 g/mol. The Hall–Kier alpha value is -1.26. The molecule has 0 aromatic heterocycles. The van der Waals surface area contributed by atoms with Crippen molar-refractivity contribution in [2.75, 3.05) is 37.6 Å². The normalized spacial score (nSPS) is 15.4. The number of halogens is 1. The summed E-state index contributed by atoms with van der Waals surface area (Å²) in [6.07, 6.45) is 2.69. The van der Waals surface area contributed by atoms with Crippen LogP contribution in [0.25, 0.3) is 0 Å². The van der Waals surface area contributed by atoms with Crippen molar-refractivity contribution < 1.29 is 9.90 Å². The highest BCUT2D eigenvalue weighted by molar-refractivity contribution is 6.30. The molecular formula is C15H21ClN2O2. The van der Waals surface area contributed by atoms with Crippen LogP contribution in [0.1, 0.15) is 19.3 Å². The lowest BCUT2D eigenvalue weighted by Gasteiger charge is -2.27. The summed E-state index contributed by atoms with van der Waals surface area (Å²) in [5.41, 5.74) is 0.998. The summed E-state index contributed by atoms with van der Waals surface area (Å²) in [6, 6.07) is 7.62. The van der Waals surface area contributed by atoms with Crippen LogP contribution in [0, 0.1) is 0 Å². The molecule has 1 aromatic rings. The number of benzene rings is 1. The summed E-state index contributed by atoms with van der Waals surface area (Å²) in [4.78, 5) is 15.3. The number of hydrogen-bond donors (Lipinski definition) is 1. The molecule has 0 amide bonds. The van der Waals surface area contributed by atoms with Crippen LogP contribution in [-0.4, -0.2) is 48.7 Å². The zero-order chi connectivity index (χ0) is 14.4. The molecule has 1 fully saturated rings. The summed E-state index contributed by atoms with van der Waals surface area (Å²) in [5.74, 6) is -0.766. The Kier molecular flexibility index (Phi) is 5.68. The van der Waals surface area contributed by atoms with Gasteiger partial charge in [-0.3, -0.25) is 4.79 Å². The van der Waals surface area contributed by atoms with E-state index >= 15 is 0 Å². The first-order chi connectivity index (χ1) is 9.65. The van der Waals surface area contributed by atoms with Crippen molar-refractivity contribution in [2.24, 2.45) is 0 Å². The lowest BCUT2D eigenvalue weighted by Crippen LogP contribution is -2.35. The molecule has 110 valence electrons. The van der Waals surface area contributed by atoms with Crippen molar-refractivity contribution >= 4 is 23.3 Å². The topological polar surface area (TPSA) is 43.8 Å². The standard InChI is InChI=1S/C15H21ClN2O2/c16-13-4-3-5-14(12-13)18(9-6-15(19)20)11-10-17-7-1-2-8-17/h3-5,12H,1-2,6-11H2,(H,19,20). The Bertz CT molecular complexity index is 447. The molecule has 1 aromatic carbocycles. The number of carboxylic acids is 1. The molecule has 0 unspecified atom stereocenters. The maximum absolute atomic E-state index is 10.8. The lowest BCUT2D eigenvalue weighted by atomic mass is 10.2. The van der Waals surface area contributed by atoms with Gasteiger partial charge in [0, 0.05) is 30.3 Å². The van der Waals surface area contributed by atoms with Crippen LogP contribution in [0.2, 0.25) is 5.02 Å². The third-order valence-electron chi connectivity index (χ3n) is 3.65. The van der Waals surface area contributed by atoms with Crippen molar-refractivity contribution in [2.45, 2.75) is 19.3 Å². The monoisotopic (exact) mass is 296 g/mol. The molecule has 1 aliphatic heterocycles. The van der Waals surface area contributed by atoms with Crippen LogP contribution in [0.3, 0.4) is 0 Å². The number of hydrogen-bond acceptors (Lipinski definition) is 3. The highest BCUT2D eigenvalue weighted by Crippen LogP contribution is 2.20. The van der Waals surface area contributed by atoms with E-state index in [4.69, 9.17) is 16.7 Å². The van der Waals surface area contributed by atoms with Crippen molar-refractivity contribution in [1.82, 2.24) is 4.90 Å². The molecule has 5 heteroatoms. The van der Waals surface area contributed by atoms with E-state index in [2.05, 4.69) is 9.80 Å². The van der Waals surface area contributed by atoms with Crippen LogP contribution in [0.15, 0.2) is 24.3 Å². The van der Waals surface area contributed by atoms with Crippen molar-refractivity contribution in [1.29, 1.82) is 0 Å². The van der Waals surface area contributed by atoms with Gasteiger partial charge < -0.3 is 14.9 Å². The third kappa shape index (κ3) is 4.69. The fourth-order valence-electron chi connectivity index (χ4n) is 2.54. The van der Waals surface area contributed by atoms with Crippen LogP contribution in [-0.2, 0) is 4.79 Å². The van der Waals surface area contributed by atoms with E-state index < -0.39 is 5.97 Å². The number of rotatable bonds is 7. The van der Waals surface area contributed by atoms with E-state index in [-0.39, 0.29) is 6.42 Å². The molecule has 0 atom stereocenters. The van der Waals surface area contributed by atoms with E-state index in [0.717, 1.165) is 31.9 Å². The van der Waals surface area contributed by atoms with Crippen LogP contribution >= 0.6 is 11.6 Å². The van der Waals surface area contributed by atoms with Gasteiger partial charge in [-0.1, -0.05) is 17.7 Å². The Labute approximate surface area is 124 Å². The molecular weight excluding hydrogens is 276 g/mol. The Balaban J connectivity index is 1.97. The molecule has 0 aliphatic carbocycles. The summed E-state index contributed by atoms with van der Waals surface area (Å²) >= 11 is 6.03. The molecule has 0 spiro atoms. The quantitative estimate of drug-likeness (QED) is 0.840. The molecule has 1 saturated heterocycles. The number of nitrogens with zero attached hydrogens (tertiary/aromatic N) is 2. The van der Waals surface area contributed by atoms with Crippen molar-refractivity contribution in [3.05, 3.63) is 29.3 Å². The van der Waals surface area contributed by atoms with E-state index in [1.807, 2.05) is 24.3 Å². The van der Waals surface area contributed by atoms with Gasteiger partial charge >= 0.3 is 5.97 Å². The van der Waals surface area contributed by atoms with Gasteiger partial charge in [0.05, 0.1) is 6.42 Å². The first-order valence-electron chi connectivity index (χ1n) is 7.10.